The van der Waals surface area contributed by atoms with E-state index >= 15 is 0 Å². The van der Waals surface area contributed by atoms with Crippen LogP contribution in [-0.2, 0) is 4.84 Å². The van der Waals surface area contributed by atoms with Crippen molar-refractivity contribution in [3.63, 3.8) is 0 Å². The number of halogens is 2. The van der Waals surface area contributed by atoms with Crippen molar-refractivity contribution in [2.75, 3.05) is 20.2 Å². The Bertz CT molecular complexity index is 173. The van der Waals surface area contributed by atoms with Crippen molar-refractivity contribution in [1.29, 1.82) is 0 Å². The second kappa shape index (κ2) is 6.43. The number of nitrogens with zero attached hydrogens (tertiary/aromatic N) is 1. The molecule has 0 bridgehead atoms. The predicted octanol–water partition coefficient (Wildman–Crippen LogP) is 0.543. The Morgan fingerprint density at radius 3 is 2.62 bits per heavy atom. The van der Waals surface area contributed by atoms with E-state index < -0.39 is 0 Å². The highest BCUT2D eigenvalue weighted by atomic mass is 35.5. The van der Waals surface area contributed by atoms with Crippen LogP contribution in [0.4, 0.5) is 0 Å². The third-order valence-corrected chi connectivity index (χ3v) is 1.89. The van der Waals surface area contributed by atoms with Gasteiger partial charge in [0.2, 0.25) is 0 Å². The molecule has 1 aliphatic heterocycles. The molecule has 1 heterocycles. The van der Waals surface area contributed by atoms with E-state index in [-0.39, 0.29) is 30.4 Å². The third-order valence-electron chi connectivity index (χ3n) is 1.89. The van der Waals surface area contributed by atoms with Gasteiger partial charge < -0.3 is 15.9 Å². The number of rotatable bonds is 1. The highest BCUT2D eigenvalue weighted by molar-refractivity contribution is 5.93. The van der Waals surface area contributed by atoms with E-state index in [1.165, 1.54) is 0 Å². The summed E-state index contributed by atoms with van der Waals surface area (Å²) < 4.78 is 0. The minimum absolute atomic E-state index is 0. The van der Waals surface area contributed by atoms with Gasteiger partial charge >= 0.3 is 0 Å². The maximum Gasteiger partial charge on any atom is 0.106 e. The van der Waals surface area contributed by atoms with Gasteiger partial charge in [-0.15, -0.1) is 24.8 Å². The number of piperidine rings is 1. The minimum atomic E-state index is -0.339. The molecule has 80 valence electrons. The zero-order valence-electron chi connectivity index (χ0n) is 7.87. The first-order chi connectivity index (χ1) is 5.17. The van der Waals surface area contributed by atoms with Crippen LogP contribution < -0.4 is 11.1 Å². The number of oxime groups is 1. The van der Waals surface area contributed by atoms with Gasteiger partial charge in [-0.1, -0.05) is 5.16 Å². The lowest BCUT2D eigenvalue weighted by Crippen LogP contribution is -2.57. The van der Waals surface area contributed by atoms with Crippen LogP contribution in [-0.4, -0.2) is 31.4 Å². The van der Waals surface area contributed by atoms with Crippen molar-refractivity contribution in [2.24, 2.45) is 10.9 Å². The van der Waals surface area contributed by atoms with Crippen molar-refractivity contribution < 1.29 is 4.84 Å². The molecule has 1 rings (SSSR count). The van der Waals surface area contributed by atoms with Crippen LogP contribution in [0, 0.1) is 0 Å². The summed E-state index contributed by atoms with van der Waals surface area (Å²) in [5, 5.41) is 7.09. The van der Waals surface area contributed by atoms with Crippen molar-refractivity contribution >= 4 is 30.5 Å². The van der Waals surface area contributed by atoms with Gasteiger partial charge in [0.1, 0.15) is 7.11 Å². The summed E-state index contributed by atoms with van der Waals surface area (Å²) in [4.78, 5) is 4.70. The van der Waals surface area contributed by atoms with Crippen LogP contribution in [0.15, 0.2) is 5.16 Å². The SMILES string of the molecule is CO/N=C1\CCNCC1(C)N.Cl.Cl. The summed E-state index contributed by atoms with van der Waals surface area (Å²) in [5.41, 5.74) is 6.54. The van der Waals surface area contributed by atoms with Gasteiger partial charge in [-0.25, -0.2) is 0 Å². The zero-order valence-corrected chi connectivity index (χ0v) is 9.50. The first kappa shape index (κ1) is 15.4. The molecule has 0 aromatic rings. The topological polar surface area (TPSA) is 59.6 Å². The van der Waals surface area contributed by atoms with Crippen molar-refractivity contribution in [3.05, 3.63) is 0 Å². The van der Waals surface area contributed by atoms with Crippen LogP contribution in [0.5, 0.6) is 0 Å². The fourth-order valence-electron chi connectivity index (χ4n) is 1.20. The Morgan fingerprint density at radius 2 is 2.15 bits per heavy atom. The van der Waals surface area contributed by atoms with Crippen molar-refractivity contribution in [3.8, 4) is 0 Å². The smallest absolute Gasteiger partial charge is 0.106 e. The molecule has 4 nitrogen and oxygen atoms in total. The van der Waals surface area contributed by atoms with E-state index in [0.717, 1.165) is 25.2 Å². The van der Waals surface area contributed by atoms with Crippen LogP contribution >= 0.6 is 24.8 Å². The van der Waals surface area contributed by atoms with E-state index in [2.05, 4.69) is 10.5 Å². The molecule has 0 saturated carbocycles. The maximum atomic E-state index is 5.93. The maximum absolute atomic E-state index is 5.93. The average molecular weight is 230 g/mol. The minimum Gasteiger partial charge on any atom is -0.399 e. The highest BCUT2D eigenvalue weighted by Gasteiger charge is 2.29. The van der Waals surface area contributed by atoms with Crippen LogP contribution in [0.1, 0.15) is 13.3 Å². The number of hydrogen-bond acceptors (Lipinski definition) is 4. The molecule has 3 N–H and O–H groups in total. The largest absolute Gasteiger partial charge is 0.399 e. The van der Waals surface area contributed by atoms with E-state index in [0.29, 0.717) is 0 Å². The molecule has 1 fully saturated rings. The van der Waals surface area contributed by atoms with Gasteiger partial charge in [0.15, 0.2) is 0 Å². The molecular weight excluding hydrogens is 213 g/mol. The fraction of sp³-hybridized carbons (Fsp3) is 0.857. The molecule has 0 spiro atoms. The Labute approximate surface area is 91.1 Å². The molecule has 6 heteroatoms. The Morgan fingerprint density at radius 1 is 1.54 bits per heavy atom. The quantitative estimate of drug-likeness (QED) is 0.646. The van der Waals surface area contributed by atoms with Gasteiger partial charge in [0, 0.05) is 19.5 Å². The summed E-state index contributed by atoms with van der Waals surface area (Å²) >= 11 is 0. The number of nitrogens with two attached hydrogens (primary N) is 1. The van der Waals surface area contributed by atoms with Crippen LogP contribution in [0.25, 0.3) is 0 Å². The third kappa shape index (κ3) is 4.13. The lowest BCUT2D eigenvalue weighted by molar-refractivity contribution is 0.208. The second-order valence-electron chi connectivity index (χ2n) is 3.06. The zero-order chi connectivity index (χ0) is 8.32. The molecule has 0 amide bonds. The molecule has 13 heavy (non-hydrogen) atoms. The van der Waals surface area contributed by atoms with Crippen LogP contribution in [0.3, 0.4) is 0 Å². The summed E-state index contributed by atoms with van der Waals surface area (Å²) in [5.74, 6) is 0. The normalized spacial score (nSPS) is 30.2. The van der Waals surface area contributed by atoms with Crippen molar-refractivity contribution in [2.45, 2.75) is 18.9 Å². The van der Waals surface area contributed by atoms with E-state index in [9.17, 15) is 0 Å². The molecule has 1 saturated heterocycles. The fourth-order valence-corrected chi connectivity index (χ4v) is 1.20. The van der Waals surface area contributed by atoms with E-state index in [4.69, 9.17) is 10.6 Å². The van der Waals surface area contributed by atoms with Crippen LogP contribution in [0.2, 0.25) is 0 Å². The highest BCUT2D eigenvalue weighted by Crippen LogP contribution is 2.09. The predicted molar refractivity (Wildman–Crippen MR) is 59.0 cm³/mol. The summed E-state index contributed by atoms with van der Waals surface area (Å²) in [6.07, 6.45) is 0.876. The Hall–Kier alpha value is -0.0300. The van der Waals surface area contributed by atoms with Gasteiger partial charge in [-0.2, -0.15) is 0 Å². The molecule has 0 aromatic heterocycles. The lowest BCUT2D eigenvalue weighted by Gasteiger charge is -2.30. The summed E-state index contributed by atoms with van der Waals surface area (Å²) in [6.45, 7) is 3.67. The van der Waals surface area contributed by atoms with E-state index in [1.54, 1.807) is 7.11 Å². The molecule has 1 unspecified atom stereocenters. The molecule has 0 aliphatic carbocycles. The molecular formula is C7H17Cl2N3O. The summed E-state index contributed by atoms with van der Waals surface area (Å²) in [7, 11) is 1.55. The molecule has 0 aromatic carbocycles. The molecule has 0 radical (unpaired) electrons. The van der Waals surface area contributed by atoms with Crippen molar-refractivity contribution in [1.82, 2.24) is 5.32 Å². The van der Waals surface area contributed by atoms with Gasteiger partial charge in [0.25, 0.3) is 0 Å². The summed E-state index contributed by atoms with van der Waals surface area (Å²) in [6, 6.07) is 0. The van der Waals surface area contributed by atoms with Gasteiger partial charge in [-0.3, -0.25) is 0 Å². The molecule has 1 aliphatic rings. The van der Waals surface area contributed by atoms with Gasteiger partial charge in [0.05, 0.1) is 11.3 Å². The molecule has 1 atom stereocenters. The first-order valence-electron chi connectivity index (χ1n) is 3.77. The standard InChI is InChI=1S/C7H15N3O.2ClH/c1-7(8)5-9-4-3-6(7)10-11-2;;/h9H,3-5,8H2,1-2H3;2*1H/b10-6+;;. The average Bonchev–Trinajstić information content (AvgIpc) is 1.94. The Balaban J connectivity index is 0. The monoisotopic (exact) mass is 229 g/mol. The lowest BCUT2D eigenvalue weighted by atomic mass is 9.91. The second-order valence-corrected chi connectivity index (χ2v) is 3.06. The van der Waals surface area contributed by atoms with Gasteiger partial charge in [-0.05, 0) is 6.92 Å². The Kier molecular flexibility index (Phi) is 7.64. The van der Waals surface area contributed by atoms with E-state index in [1.807, 2.05) is 6.92 Å². The number of nitrogens with one attached hydrogen (secondary N) is 1. The first-order valence-corrected chi connectivity index (χ1v) is 3.77. The number of hydrogen-bond donors (Lipinski definition) is 2.